The number of hydrogen-bond acceptors (Lipinski definition) is 1. The van der Waals surface area contributed by atoms with Crippen LogP contribution in [0.1, 0.15) is 57.8 Å². The zero-order valence-electron chi connectivity index (χ0n) is 11.3. The Bertz CT molecular complexity index is 337. The molecule has 1 heterocycles. The highest BCUT2D eigenvalue weighted by atomic mass is 16.2. The molecule has 0 aromatic heterocycles. The van der Waals surface area contributed by atoms with Crippen LogP contribution in [0.2, 0.25) is 0 Å². The molecular weight excluding hydrogens is 222 g/mol. The molecule has 0 radical (unpaired) electrons. The molecule has 0 aromatic rings. The van der Waals surface area contributed by atoms with Crippen LogP contribution in [0.3, 0.4) is 0 Å². The van der Waals surface area contributed by atoms with Gasteiger partial charge in [-0.05, 0) is 62.7 Å². The van der Waals surface area contributed by atoms with Gasteiger partial charge in [-0.15, -0.1) is 0 Å². The van der Waals surface area contributed by atoms with Crippen LogP contribution in [0.4, 0.5) is 0 Å². The predicted octanol–water partition coefficient (Wildman–Crippen LogP) is 3.21. The number of fused-ring (bicyclic) bond motifs is 1. The van der Waals surface area contributed by atoms with Crippen LogP contribution in [0.15, 0.2) is 0 Å². The first-order valence-corrected chi connectivity index (χ1v) is 8.13. The Balaban J connectivity index is 1.43. The van der Waals surface area contributed by atoms with E-state index in [1.54, 1.807) is 0 Å². The minimum atomic E-state index is 0.413. The standard InChI is InChI=1S/C16H25NO/c18-16(14-9-12-8-13(12)10-14)17-7-3-6-15(17)11-4-1-2-5-11/h11-15H,1-10H2. The smallest absolute Gasteiger partial charge is 0.225 e. The number of carbonyl (C=O) groups excluding carboxylic acids is 1. The molecule has 2 heteroatoms. The molecule has 2 nitrogen and oxygen atoms in total. The topological polar surface area (TPSA) is 20.3 Å². The highest BCUT2D eigenvalue weighted by Gasteiger charge is 2.50. The van der Waals surface area contributed by atoms with Gasteiger partial charge in [-0.3, -0.25) is 4.79 Å². The van der Waals surface area contributed by atoms with Gasteiger partial charge in [-0.25, -0.2) is 0 Å². The van der Waals surface area contributed by atoms with Crippen LogP contribution in [-0.2, 0) is 4.79 Å². The summed E-state index contributed by atoms with van der Waals surface area (Å²) in [7, 11) is 0. The van der Waals surface area contributed by atoms with Gasteiger partial charge < -0.3 is 4.90 Å². The van der Waals surface area contributed by atoms with E-state index in [1.807, 2.05) is 0 Å². The molecule has 100 valence electrons. The number of amides is 1. The average molecular weight is 247 g/mol. The molecule has 0 N–H and O–H groups in total. The lowest BCUT2D eigenvalue weighted by Crippen LogP contribution is -2.42. The average Bonchev–Trinajstić information content (AvgIpc) is 2.93. The highest BCUT2D eigenvalue weighted by molar-refractivity contribution is 5.80. The SMILES string of the molecule is O=C(C1CC2CC2C1)N1CCCC1C1CCCC1. The van der Waals surface area contributed by atoms with Crippen LogP contribution >= 0.6 is 0 Å². The van der Waals surface area contributed by atoms with E-state index in [0.29, 0.717) is 17.9 Å². The monoisotopic (exact) mass is 247 g/mol. The molecule has 1 amide bonds. The fraction of sp³-hybridized carbons (Fsp3) is 0.938. The van der Waals surface area contributed by atoms with E-state index in [0.717, 1.165) is 24.3 Å². The second-order valence-electron chi connectivity index (χ2n) is 7.21. The van der Waals surface area contributed by atoms with E-state index in [-0.39, 0.29) is 0 Å². The summed E-state index contributed by atoms with van der Waals surface area (Å²) in [5.74, 6) is 3.66. The molecule has 18 heavy (non-hydrogen) atoms. The van der Waals surface area contributed by atoms with Crippen LogP contribution in [0.25, 0.3) is 0 Å². The number of nitrogens with zero attached hydrogens (tertiary/aromatic N) is 1. The fourth-order valence-corrected chi connectivity index (χ4v) is 5.05. The third kappa shape index (κ3) is 1.80. The highest BCUT2D eigenvalue weighted by Crippen LogP contribution is 2.55. The van der Waals surface area contributed by atoms with Gasteiger partial charge in [-0.1, -0.05) is 12.8 Å². The zero-order valence-corrected chi connectivity index (χ0v) is 11.3. The van der Waals surface area contributed by atoms with E-state index in [4.69, 9.17) is 0 Å². The normalized spacial score (nSPS) is 43.4. The van der Waals surface area contributed by atoms with Crippen molar-refractivity contribution in [2.24, 2.45) is 23.7 Å². The summed E-state index contributed by atoms with van der Waals surface area (Å²) in [4.78, 5) is 15.0. The summed E-state index contributed by atoms with van der Waals surface area (Å²) in [6, 6.07) is 0.622. The van der Waals surface area contributed by atoms with E-state index in [1.165, 1.54) is 57.8 Å². The lowest BCUT2D eigenvalue weighted by Gasteiger charge is -2.31. The van der Waals surface area contributed by atoms with Gasteiger partial charge in [0.2, 0.25) is 5.91 Å². The van der Waals surface area contributed by atoms with Crippen molar-refractivity contribution in [1.82, 2.24) is 4.90 Å². The molecule has 1 saturated heterocycles. The second-order valence-corrected chi connectivity index (χ2v) is 7.21. The molecule has 4 fully saturated rings. The summed E-state index contributed by atoms with van der Waals surface area (Å²) in [5, 5.41) is 0. The predicted molar refractivity (Wildman–Crippen MR) is 71.0 cm³/mol. The molecule has 0 bridgehead atoms. The first-order valence-electron chi connectivity index (χ1n) is 8.13. The third-order valence-corrected chi connectivity index (χ3v) is 6.12. The Labute approximate surface area is 110 Å². The Kier molecular flexibility index (Phi) is 2.67. The summed E-state index contributed by atoms with van der Waals surface area (Å²) in [5.41, 5.74) is 0. The summed E-state index contributed by atoms with van der Waals surface area (Å²) in [6.45, 7) is 1.06. The van der Waals surface area contributed by atoms with Crippen molar-refractivity contribution >= 4 is 5.91 Å². The largest absolute Gasteiger partial charge is 0.339 e. The lowest BCUT2D eigenvalue weighted by atomic mass is 9.94. The maximum Gasteiger partial charge on any atom is 0.225 e. The third-order valence-electron chi connectivity index (χ3n) is 6.12. The van der Waals surface area contributed by atoms with Crippen LogP contribution < -0.4 is 0 Å². The number of rotatable bonds is 2. The van der Waals surface area contributed by atoms with Gasteiger partial charge in [0.05, 0.1) is 0 Å². The Morgan fingerprint density at radius 3 is 2.28 bits per heavy atom. The van der Waals surface area contributed by atoms with Crippen LogP contribution in [0, 0.1) is 23.7 Å². The lowest BCUT2D eigenvalue weighted by molar-refractivity contribution is -0.137. The number of carbonyl (C=O) groups is 1. The van der Waals surface area contributed by atoms with Crippen molar-refractivity contribution in [2.75, 3.05) is 6.54 Å². The van der Waals surface area contributed by atoms with E-state index in [2.05, 4.69) is 4.90 Å². The van der Waals surface area contributed by atoms with Crippen LogP contribution in [0.5, 0.6) is 0 Å². The number of hydrogen-bond donors (Lipinski definition) is 0. The van der Waals surface area contributed by atoms with E-state index >= 15 is 0 Å². The Hall–Kier alpha value is -0.530. The molecule has 3 atom stereocenters. The molecule has 3 unspecified atom stereocenters. The first-order chi connectivity index (χ1) is 8.83. The van der Waals surface area contributed by atoms with Gasteiger partial charge in [0, 0.05) is 18.5 Å². The zero-order chi connectivity index (χ0) is 12.1. The van der Waals surface area contributed by atoms with Gasteiger partial charge in [0.15, 0.2) is 0 Å². The molecule has 3 aliphatic carbocycles. The second kappa shape index (κ2) is 4.25. The Morgan fingerprint density at radius 1 is 0.833 bits per heavy atom. The fourth-order valence-electron chi connectivity index (χ4n) is 5.05. The Morgan fingerprint density at radius 2 is 1.56 bits per heavy atom. The van der Waals surface area contributed by atoms with Gasteiger partial charge in [0.25, 0.3) is 0 Å². The maximum absolute atomic E-state index is 12.7. The maximum atomic E-state index is 12.7. The first kappa shape index (κ1) is 11.3. The van der Waals surface area contributed by atoms with Crippen molar-refractivity contribution in [3.8, 4) is 0 Å². The van der Waals surface area contributed by atoms with Crippen molar-refractivity contribution in [3.63, 3.8) is 0 Å². The van der Waals surface area contributed by atoms with Gasteiger partial charge >= 0.3 is 0 Å². The van der Waals surface area contributed by atoms with Gasteiger partial charge in [-0.2, -0.15) is 0 Å². The van der Waals surface area contributed by atoms with Crippen molar-refractivity contribution in [3.05, 3.63) is 0 Å². The quantitative estimate of drug-likeness (QED) is 0.733. The number of likely N-dealkylation sites (tertiary alicyclic amines) is 1. The minimum absolute atomic E-state index is 0.413. The van der Waals surface area contributed by atoms with Crippen molar-refractivity contribution < 1.29 is 4.79 Å². The molecular formula is C16H25NO. The molecule has 4 aliphatic rings. The summed E-state index contributed by atoms with van der Waals surface area (Å²) >= 11 is 0. The summed E-state index contributed by atoms with van der Waals surface area (Å²) in [6.07, 6.45) is 12.0. The van der Waals surface area contributed by atoms with Crippen molar-refractivity contribution in [1.29, 1.82) is 0 Å². The molecule has 3 saturated carbocycles. The van der Waals surface area contributed by atoms with E-state index < -0.39 is 0 Å². The minimum Gasteiger partial charge on any atom is -0.339 e. The summed E-state index contributed by atoms with van der Waals surface area (Å²) < 4.78 is 0. The molecule has 4 rings (SSSR count). The van der Waals surface area contributed by atoms with Gasteiger partial charge in [0.1, 0.15) is 0 Å². The molecule has 1 aliphatic heterocycles. The van der Waals surface area contributed by atoms with Crippen molar-refractivity contribution in [2.45, 2.75) is 63.8 Å². The van der Waals surface area contributed by atoms with E-state index in [9.17, 15) is 4.79 Å². The van der Waals surface area contributed by atoms with Crippen LogP contribution in [-0.4, -0.2) is 23.4 Å². The molecule has 0 spiro atoms. The molecule has 0 aromatic carbocycles.